The molecule has 0 spiro atoms. The number of methoxy groups -OCH3 is 1. The molecular formula is C16H22O5. The van der Waals surface area contributed by atoms with Crippen molar-refractivity contribution >= 4 is 11.8 Å². The zero-order valence-corrected chi connectivity index (χ0v) is 13.1. The van der Waals surface area contributed by atoms with E-state index in [0.717, 1.165) is 0 Å². The highest BCUT2D eigenvalue weighted by molar-refractivity contribution is 5.90. The van der Waals surface area contributed by atoms with Gasteiger partial charge in [-0.15, -0.1) is 0 Å². The third-order valence-corrected chi connectivity index (χ3v) is 4.64. The number of Topliss-reactive ketones (excluding diaryl/α,β-unsaturated/α-hetero) is 1. The summed E-state index contributed by atoms with van der Waals surface area (Å²) in [4.78, 5) is 23.1. The molecule has 1 N–H and O–H groups in total. The van der Waals surface area contributed by atoms with Crippen LogP contribution in [0.2, 0.25) is 0 Å². The number of epoxide rings is 1. The van der Waals surface area contributed by atoms with Crippen LogP contribution in [0, 0.1) is 5.41 Å². The lowest BCUT2D eigenvalue weighted by Crippen LogP contribution is -2.59. The SMILES string of the molecule is COC(=O)/C=C(C)\C=C\[C@]1(O)C(C)(C)CC(=O)[C@H]2O[C@]21C. The average molecular weight is 294 g/mol. The van der Waals surface area contributed by atoms with Crippen molar-refractivity contribution in [3.63, 3.8) is 0 Å². The Hall–Kier alpha value is -1.46. The van der Waals surface area contributed by atoms with Crippen LogP contribution in [-0.4, -0.2) is 41.3 Å². The zero-order valence-electron chi connectivity index (χ0n) is 13.1. The quantitative estimate of drug-likeness (QED) is 0.370. The van der Waals surface area contributed by atoms with Gasteiger partial charge in [0.1, 0.15) is 17.3 Å². The molecule has 1 aliphatic carbocycles. The zero-order chi connectivity index (χ0) is 16.1. The average Bonchev–Trinajstić information content (AvgIpc) is 3.08. The third-order valence-electron chi connectivity index (χ3n) is 4.64. The highest BCUT2D eigenvalue weighted by Gasteiger charge is 2.75. The van der Waals surface area contributed by atoms with Gasteiger partial charge in [0.15, 0.2) is 5.78 Å². The Bertz CT molecular complexity index is 538. The van der Waals surface area contributed by atoms with E-state index in [1.807, 2.05) is 13.8 Å². The number of hydrogen-bond donors (Lipinski definition) is 1. The minimum absolute atomic E-state index is 0.0300. The van der Waals surface area contributed by atoms with Gasteiger partial charge >= 0.3 is 5.97 Å². The van der Waals surface area contributed by atoms with Crippen molar-refractivity contribution in [2.45, 2.75) is 51.4 Å². The molecule has 21 heavy (non-hydrogen) atoms. The van der Waals surface area contributed by atoms with Crippen molar-refractivity contribution < 1.29 is 24.2 Å². The highest BCUT2D eigenvalue weighted by atomic mass is 16.6. The molecule has 0 amide bonds. The number of fused-ring (bicyclic) bond motifs is 1. The maximum absolute atomic E-state index is 11.9. The summed E-state index contributed by atoms with van der Waals surface area (Å²) in [6.07, 6.45) is 4.36. The summed E-state index contributed by atoms with van der Waals surface area (Å²) >= 11 is 0. The normalized spacial score (nSPS) is 38.3. The lowest BCUT2D eigenvalue weighted by molar-refractivity contribution is -0.135. The number of ether oxygens (including phenoxy) is 2. The number of carbonyl (C=O) groups is 2. The number of hydrogen-bond acceptors (Lipinski definition) is 5. The molecule has 5 nitrogen and oxygen atoms in total. The maximum Gasteiger partial charge on any atom is 0.330 e. The first-order valence-electron chi connectivity index (χ1n) is 6.96. The molecule has 1 saturated carbocycles. The topological polar surface area (TPSA) is 76.1 Å². The van der Waals surface area contributed by atoms with Gasteiger partial charge in [0.05, 0.1) is 7.11 Å². The van der Waals surface area contributed by atoms with Gasteiger partial charge < -0.3 is 14.6 Å². The summed E-state index contributed by atoms with van der Waals surface area (Å²) in [5.74, 6) is -0.420. The van der Waals surface area contributed by atoms with Crippen LogP contribution in [0.1, 0.15) is 34.1 Å². The monoisotopic (exact) mass is 294 g/mol. The molecular weight excluding hydrogens is 272 g/mol. The Morgan fingerprint density at radius 1 is 1.43 bits per heavy atom. The van der Waals surface area contributed by atoms with Gasteiger partial charge in [0.2, 0.25) is 0 Å². The molecule has 0 radical (unpaired) electrons. The van der Waals surface area contributed by atoms with Crippen LogP contribution in [0.15, 0.2) is 23.8 Å². The maximum atomic E-state index is 11.9. The summed E-state index contributed by atoms with van der Waals surface area (Å²) in [6.45, 7) is 7.18. The smallest absolute Gasteiger partial charge is 0.330 e. The van der Waals surface area contributed by atoms with Crippen LogP contribution in [0.4, 0.5) is 0 Å². The second-order valence-corrected chi connectivity index (χ2v) is 6.64. The predicted molar refractivity (Wildman–Crippen MR) is 76.5 cm³/mol. The van der Waals surface area contributed by atoms with E-state index < -0.39 is 28.7 Å². The first kappa shape index (κ1) is 15.9. The van der Waals surface area contributed by atoms with Gasteiger partial charge in [0, 0.05) is 17.9 Å². The van der Waals surface area contributed by atoms with Crippen LogP contribution in [-0.2, 0) is 19.1 Å². The lowest BCUT2D eigenvalue weighted by atomic mass is 9.60. The van der Waals surface area contributed by atoms with Gasteiger partial charge in [-0.2, -0.15) is 0 Å². The van der Waals surface area contributed by atoms with Crippen LogP contribution in [0.5, 0.6) is 0 Å². The van der Waals surface area contributed by atoms with Gasteiger partial charge in [-0.1, -0.05) is 19.9 Å². The molecule has 2 aliphatic rings. The van der Waals surface area contributed by atoms with Gasteiger partial charge in [-0.3, -0.25) is 4.79 Å². The van der Waals surface area contributed by atoms with E-state index in [9.17, 15) is 14.7 Å². The molecule has 116 valence electrons. The Kier molecular flexibility index (Phi) is 3.62. The molecule has 1 heterocycles. The summed E-state index contributed by atoms with van der Waals surface area (Å²) < 4.78 is 10.1. The van der Waals surface area contributed by atoms with Crippen LogP contribution >= 0.6 is 0 Å². The highest BCUT2D eigenvalue weighted by Crippen LogP contribution is 2.59. The van der Waals surface area contributed by atoms with E-state index >= 15 is 0 Å². The summed E-state index contributed by atoms with van der Waals surface area (Å²) in [5.41, 5.74) is -2.16. The van der Waals surface area contributed by atoms with Crippen LogP contribution < -0.4 is 0 Å². The summed E-state index contributed by atoms with van der Waals surface area (Å²) in [7, 11) is 1.31. The van der Waals surface area contributed by atoms with E-state index in [-0.39, 0.29) is 12.2 Å². The molecule has 2 fully saturated rings. The second kappa shape index (κ2) is 4.78. The number of carbonyl (C=O) groups excluding carboxylic acids is 2. The van der Waals surface area contributed by atoms with Crippen molar-refractivity contribution in [1.29, 1.82) is 0 Å². The fourth-order valence-corrected chi connectivity index (χ4v) is 3.14. The Balaban J connectivity index is 2.30. The number of rotatable bonds is 3. The molecule has 0 aromatic rings. The molecule has 3 atom stereocenters. The van der Waals surface area contributed by atoms with Gasteiger partial charge in [0.25, 0.3) is 0 Å². The van der Waals surface area contributed by atoms with Crippen molar-refractivity contribution in [3.8, 4) is 0 Å². The van der Waals surface area contributed by atoms with Crippen molar-refractivity contribution in [2.24, 2.45) is 5.41 Å². The second-order valence-electron chi connectivity index (χ2n) is 6.64. The van der Waals surface area contributed by atoms with Crippen molar-refractivity contribution in [3.05, 3.63) is 23.8 Å². The molecule has 1 aliphatic heterocycles. The Morgan fingerprint density at radius 3 is 2.62 bits per heavy atom. The van der Waals surface area contributed by atoms with Crippen LogP contribution in [0.25, 0.3) is 0 Å². The minimum atomic E-state index is -1.27. The molecule has 0 aromatic heterocycles. The van der Waals surface area contributed by atoms with Gasteiger partial charge in [-0.05, 0) is 25.5 Å². The molecule has 0 bridgehead atoms. The van der Waals surface area contributed by atoms with Crippen molar-refractivity contribution in [1.82, 2.24) is 0 Å². The van der Waals surface area contributed by atoms with E-state index in [4.69, 9.17) is 4.74 Å². The number of allylic oxidation sites excluding steroid dienone is 2. The van der Waals surface area contributed by atoms with E-state index in [1.54, 1.807) is 26.0 Å². The van der Waals surface area contributed by atoms with E-state index in [0.29, 0.717) is 5.57 Å². The summed E-state index contributed by atoms with van der Waals surface area (Å²) in [6, 6.07) is 0. The third kappa shape index (κ3) is 2.34. The Morgan fingerprint density at radius 2 is 2.05 bits per heavy atom. The molecule has 2 rings (SSSR count). The Labute approximate surface area is 124 Å². The minimum Gasteiger partial charge on any atom is -0.466 e. The van der Waals surface area contributed by atoms with E-state index in [1.165, 1.54) is 13.2 Å². The number of esters is 1. The van der Waals surface area contributed by atoms with E-state index in [2.05, 4.69) is 4.74 Å². The first-order valence-corrected chi connectivity index (χ1v) is 6.96. The standard InChI is InChI=1S/C16H22O5/c1-10(8-12(18)20-5)6-7-16(19)14(2,3)9-11(17)13-15(16,4)21-13/h6-8,13,19H,9H2,1-5H3/b7-6+,10-8-/t13-,15-,16+/m1/s1. The molecule has 5 heteroatoms. The lowest BCUT2D eigenvalue weighted by Gasteiger charge is -2.46. The fraction of sp³-hybridized carbons (Fsp3) is 0.625. The summed E-state index contributed by atoms with van der Waals surface area (Å²) in [5, 5.41) is 11.1. The molecule has 0 unspecified atom stereocenters. The number of aliphatic hydroxyl groups is 1. The molecule has 0 aromatic carbocycles. The fourth-order valence-electron chi connectivity index (χ4n) is 3.14. The van der Waals surface area contributed by atoms with Crippen molar-refractivity contribution in [2.75, 3.05) is 7.11 Å². The molecule has 1 saturated heterocycles. The van der Waals surface area contributed by atoms with Gasteiger partial charge in [-0.25, -0.2) is 4.79 Å². The number of ketones is 1. The van der Waals surface area contributed by atoms with Crippen LogP contribution in [0.3, 0.4) is 0 Å². The predicted octanol–water partition coefficient (Wildman–Crippen LogP) is 1.55. The largest absolute Gasteiger partial charge is 0.466 e. The first-order chi connectivity index (χ1) is 9.57.